The fourth-order valence-corrected chi connectivity index (χ4v) is 2.16. The highest BCUT2D eigenvalue weighted by atomic mass is 16.5. The molecule has 0 bridgehead atoms. The average molecular weight is 206 g/mol. The van der Waals surface area contributed by atoms with Crippen LogP contribution in [0.5, 0.6) is 0 Å². The summed E-state index contributed by atoms with van der Waals surface area (Å²) in [7, 11) is 0. The normalized spacial score (nSPS) is 22.3. The summed E-state index contributed by atoms with van der Waals surface area (Å²) < 4.78 is -0.0863. The lowest BCUT2D eigenvalue weighted by Gasteiger charge is -2.50. The molecule has 3 nitrogen and oxygen atoms in total. The molecule has 3 heteroatoms. The maximum Gasteiger partial charge on any atom is 0.112 e. The van der Waals surface area contributed by atoms with Gasteiger partial charge in [0.25, 0.3) is 0 Å². The number of hydroxylamine groups is 3. The van der Waals surface area contributed by atoms with Crippen molar-refractivity contribution in [3.05, 3.63) is 41.1 Å². The van der Waals surface area contributed by atoms with Crippen molar-refractivity contribution in [2.24, 2.45) is 0 Å². The summed E-state index contributed by atoms with van der Waals surface area (Å²) in [6, 6.07) is 10.1. The monoisotopic (exact) mass is 206 g/mol. The number of hydrogen-bond acceptors (Lipinski definition) is 2. The van der Waals surface area contributed by atoms with Crippen LogP contribution in [-0.4, -0.2) is 30.8 Å². The number of hydrogen-bond donors (Lipinski definition) is 1. The first-order chi connectivity index (χ1) is 7.22. The van der Waals surface area contributed by atoms with Gasteiger partial charge in [-0.3, -0.25) is 0 Å². The highest BCUT2D eigenvalue weighted by molar-refractivity contribution is 5.17. The van der Waals surface area contributed by atoms with E-state index in [1.54, 1.807) is 0 Å². The lowest BCUT2D eigenvalue weighted by Crippen LogP contribution is -2.55. The third-order valence-corrected chi connectivity index (χ3v) is 3.32. The number of benzene rings is 1. The van der Waals surface area contributed by atoms with Gasteiger partial charge in [-0.15, -0.1) is 0 Å². The van der Waals surface area contributed by atoms with Gasteiger partial charge < -0.3 is 15.2 Å². The number of nitrogens with one attached hydrogen (secondary N) is 1. The van der Waals surface area contributed by atoms with Crippen LogP contribution in [0.25, 0.3) is 0 Å². The van der Waals surface area contributed by atoms with Gasteiger partial charge in [0.15, 0.2) is 0 Å². The van der Waals surface area contributed by atoms with Gasteiger partial charge in [0.2, 0.25) is 0 Å². The number of nitrogens with zero attached hydrogens (tertiary/aromatic N) is 1. The van der Waals surface area contributed by atoms with Gasteiger partial charge in [-0.1, -0.05) is 30.3 Å². The van der Waals surface area contributed by atoms with E-state index in [0.717, 1.165) is 18.7 Å². The minimum absolute atomic E-state index is 0.0494. The number of rotatable bonds is 2. The zero-order valence-corrected chi connectivity index (χ0v) is 9.15. The van der Waals surface area contributed by atoms with Gasteiger partial charge in [0.05, 0.1) is 13.1 Å². The van der Waals surface area contributed by atoms with Crippen LogP contribution in [0.3, 0.4) is 0 Å². The molecule has 0 spiro atoms. The molecule has 0 aromatic heterocycles. The highest BCUT2D eigenvalue weighted by Gasteiger charge is 2.27. The molecular weight excluding hydrogens is 188 g/mol. The summed E-state index contributed by atoms with van der Waals surface area (Å²) in [6.07, 6.45) is 0. The summed E-state index contributed by atoms with van der Waals surface area (Å²) in [6.45, 7) is 5.06. The minimum atomic E-state index is -0.0863. The van der Waals surface area contributed by atoms with Gasteiger partial charge in [-0.05, 0) is 6.92 Å². The highest BCUT2D eigenvalue weighted by Crippen LogP contribution is 2.27. The van der Waals surface area contributed by atoms with Crippen molar-refractivity contribution in [2.75, 3.05) is 26.2 Å². The Balaban J connectivity index is 2.16. The quantitative estimate of drug-likeness (QED) is 0.590. The predicted molar refractivity (Wildman–Crippen MR) is 61.1 cm³/mol. The topological polar surface area (TPSA) is 35.1 Å². The number of quaternary nitrogens is 1. The predicted octanol–water partition coefficient (Wildman–Crippen LogP) is 1.67. The second-order valence-electron chi connectivity index (χ2n) is 4.24. The largest absolute Gasteiger partial charge is 0.632 e. The van der Waals surface area contributed by atoms with E-state index in [2.05, 4.69) is 5.32 Å². The SMILES string of the molecule is CC(c1ccccc1)[N+]1([O-])CCNCC1. The minimum Gasteiger partial charge on any atom is -0.632 e. The molecular formula is C12H18N2O. The van der Waals surface area contributed by atoms with Crippen LogP contribution in [0, 0.1) is 5.21 Å². The van der Waals surface area contributed by atoms with Gasteiger partial charge >= 0.3 is 0 Å². The molecule has 0 saturated carbocycles. The fourth-order valence-electron chi connectivity index (χ4n) is 2.16. The Bertz CT molecular complexity index is 307. The van der Waals surface area contributed by atoms with Crippen LogP contribution in [-0.2, 0) is 0 Å². The van der Waals surface area contributed by atoms with Crippen LogP contribution < -0.4 is 5.32 Å². The summed E-state index contributed by atoms with van der Waals surface area (Å²) in [4.78, 5) is 0. The second kappa shape index (κ2) is 4.31. The van der Waals surface area contributed by atoms with E-state index in [1.807, 2.05) is 37.3 Å². The van der Waals surface area contributed by atoms with Crippen molar-refractivity contribution in [3.8, 4) is 0 Å². The molecule has 82 valence electrons. The van der Waals surface area contributed by atoms with Gasteiger partial charge in [0, 0.05) is 18.7 Å². The third-order valence-electron chi connectivity index (χ3n) is 3.32. The third kappa shape index (κ3) is 2.20. The summed E-state index contributed by atoms with van der Waals surface area (Å²) >= 11 is 0. The zero-order valence-electron chi connectivity index (χ0n) is 9.15. The molecule has 1 heterocycles. The van der Waals surface area contributed by atoms with E-state index >= 15 is 0 Å². The molecule has 0 radical (unpaired) electrons. The molecule has 1 unspecified atom stereocenters. The maximum absolute atomic E-state index is 12.5. The molecule has 15 heavy (non-hydrogen) atoms. The van der Waals surface area contributed by atoms with Crippen LogP contribution in [0.1, 0.15) is 18.5 Å². The Kier molecular flexibility index (Phi) is 3.05. The number of piperazine rings is 1. The van der Waals surface area contributed by atoms with Crippen molar-refractivity contribution in [1.29, 1.82) is 0 Å². The van der Waals surface area contributed by atoms with Gasteiger partial charge in [-0.2, -0.15) is 0 Å². The Morgan fingerprint density at radius 2 is 1.80 bits per heavy atom. The Labute approximate surface area is 90.9 Å². The van der Waals surface area contributed by atoms with Gasteiger partial charge in [-0.25, -0.2) is 0 Å². The molecule has 1 aromatic rings. The summed E-state index contributed by atoms with van der Waals surface area (Å²) in [5, 5.41) is 15.8. The van der Waals surface area contributed by atoms with E-state index in [1.165, 1.54) is 0 Å². The summed E-state index contributed by atoms with van der Waals surface area (Å²) in [5.74, 6) is 0. The molecule has 1 saturated heterocycles. The second-order valence-corrected chi connectivity index (χ2v) is 4.24. The van der Waals surface area contributed by atoms with Crippen molar-refractivity contribution >= 4 is 0 Å². The van der Waals surface area contributed by atoms with Gasteiger partial charge in [0.1, 0.15) is 6.04 Å². The van der Waals surface area contributed by atoms with E-state index in [9.17, 15) is 5.21 Å². The van der Waals surface area contributed by atoms with Crippen LogP contribution in [0.2, 0.25) is 0 Å². The summed E-state index contributed by atoms with van der Waals surface area (Å²) in [5.41, 5.74) is 1.15. The molecule has 1 atom stereocenters. The molecule has 1 aromatic carbocycles. The zero-order chi connectivity index (χ0) is 10.7. The van der Waals surface area contributed by atoms with Crippen molar-refractivity contribution in [1.82, 2.24) is 5.32 Å². The van der Waals surface area contributed by atoms with Crippen LogP contribution >= 0.6 is 0 Å². The first kappa shape index (κ1) is 10.6. The standard InChI is InChI=1S/C12H18N2O/c1-11(12-5-3-2-4-6-12)14(15)9-7-13-8-10-14/h2-6,11,13H,7-10H2,1H3. The Hall–Kier alpha value is -0.900. The van der Waals surface area contributed by atoms with Crippen molar-refractivity contribution in [2.45, 2.75) is 13.0 Å². The first-order valence-electron chi connectivity index (χ1n) is 5.56. The van der Waals surface area contributed by atoms with E-state index in [4.69, 9.17) is 0 Å². The Morgan fingerprint density at radius 3 is 2.40 bits per heavy atom. The fraction of sp³-hybridized carbons (Fsp3) is 0.500. The smallest absolute Gasteiger partial charge is 0.112 e. The average Bonchev–Trinajstić information content (AvgIpc) is 2.30. The lowest BCUT2D eigenvalue weighted by molar-refractivity contribution is -0.911. The lowest BCUT2D eigenvalue weighted by atomic mass is 10.1. The molecule has 2 rings (SSSR count). The van der Waals surface area contributed by atoms with E-state index in [-0.39, 0.29) is 10.7 Å². The van der Waals surface area contributed by atoms with E-state index < -0.39 is 0 Å². The van der Waals surface area contributed by atoms with Crippen molar-refractivity contribution in [3.63, 3.8) is 0 Å². The molecule has 1 fully saturated rings. The molecule has 1 N–H and O–H groups in total. The molecule has 1 aliphatic rings. The Morgan fingerprint density at radius 1 is 1.20 bits per heavy atom. The molecule has 0 aliphatic carbocycles. The maximum atomic E-state index is 12.5. The van der Waals surface area contributed by atoms with Crippen LogP contribution in [0.15, 0.2) is 30.3 Å². The van der Waals surface area contributed by atoms with Crippen molar-refractivity contribution < 1.29 is 4.65 Å². The van der Waals surface area contributed by atoms with Crippen LogP contribution in [0.4, 0.5) is 0 Å². The molecule has 0 amide bonds. The first-order valence-corrected chi connectivity index (χ1v) is 5.56. The van der Waals surface area contributed by atoms with E-state index in [0.29, 0.717) is 13.1 Å². The molecule has 1 aliphatic heterocycles.